The Labute approximate surface area is 115 Å². The van der Waals surface area contributed by atoms with Gasteiger partial charge < -0.3 is 17.0 Å². The molecule has 0 aliphatic carbocycles. The maximum absolute atomic E-state index is 2.51. The van der Waals surface area contributed by atoms with Crippen molar-refractivity contribution in [2.24, 2.45) is 5.41 Å². The molecule has 1 fully saturated rings. The van der Waals surface area contributed by atoms with E-state index in [2.05, 4.69) is 61.0 Å². The molecule has 0 aromatic carbocycles. The van der Waals surface area contributed by atoms with Crippen molar-refractivity contribution in [2.45, 2.75) is 46.1 Å². The Morgan fingerprint density at radius 1 is 1.18 bits per heavy atom. The van der Waals surface area contributed by atoms with Crippen LogP contribution in [0.15, 0.2) is 30.6 Å². The summed E-state index contributed by atoms with van der Waals surface area (Å²) in [5.74, 6) is 0. The maximum atomic E-state index is 2.51. The first-order valence-corrected chi connectivity index (χ1v) is 6.29. The van der Waals surface area contributed by atoms with Crippen LogP contribution in [0.2, 0.25) is 0 Å². The molecule has 1 aromatic rings. The van der Waals surface area contributed by atoms with E-state index in [1.807, 2.05) is 0 Å². The van der Waals surface area contributed by atoms with Crippen LogP contribution in [0.1, 0.15) is 40.0 Å². The average molecular weight is 299 g/mol. The highest BCUT2D eigenvalue weighted by Gasteiger charge is 2.33. The van der Waals surface area contributed by atoms with Gasteiger partial charge in [0.05, 0.1) is 12.6 Å². The van der Waals surface area contributed by atoms with E-state index >= 15 is 0 Å². The molecule has 1 saturated heterocycles. The number of pyridine rings is 1. The summed E-state index contributed by atoms with van der Waals surface area (Å²) in [5.41, 5.74) is 0.419. The maximum Gasteiger partial charge on any atom is 0.199 e. The predicted octanol–water partition coefficient (Wildman–Crippen LogP) is -0.485. The minimum absolute atomic E-state index is 0. The summed E-state index contributed by atoms with van der Waals surface area (Å²) in [4.78, 5) is 0. The van der Waals surface area contributed by atoms with Gasteiger partial charge in [0.1, 0.15) is 0 Å². The molecule has 0 amide bonds. The monoisotopic (exact) mass is 298 g/mol. The second-order valence-corrected chi connectivity index (χ2v) is 5.98. The van der Waals surface area contributed by atoms with E-state index in [0.717, 1.165) is 0 Å². The van der Waals surface area contributed by atoms with Gasteiger partial charge in [-0.15, -0.1) is 0 Å². The van der Waals surface area contributed by atoms with Crippen LogP contribution in [0.3, 0.4) is 0 Å². The molecule has 0 spiro atoms. The van der Waals surface area contributed by atoms with E-state index in [4.69, 9.17) is 0 Å². The summed E-state index contributed by atoms with van der Waals surface area (Å²) in [7, 11) is 0. The van der Waals surface area contributed by atoms with Gasteiger partial charge >= 0.3 is 0 Å². The van der Waals surface area contributed by atoms with Gasteiger partial charge in [0.2, 0.25) is 0 Å². The zero-order chi connectivity index (χ0) is 11.6. The van der Waals surface area contributed by atoms with Crippen molar-refractivity contribution in [2.75, 3.05) is 11.6 Å². The minimum atomic E-state index is 0. The summed E-state index contributed by atoms with van der Waals surface area (Å²) < 4.78 is 2.25. The number of hydrogen-bond donors (Lipinski definition) is 0. The minimum Gasteiger partial charge on any atom is -1.00 e. The molecule has 1 aromatic heterocycles. The fourth-order valence-corrected chi connectivity index (χ4v) is 2.60. The third-order valence-electron chi connectivity index (χ3n) is 3.19. The van der Waals surface area contributed by atoms with Crippen molar-refractivity contribution in [3.63, 3.8) is 0 Å². The molecule has 17 heavy (non-hydrogen) atoms. The van der Waals surface area contributed by atoms with Gasteiger partial charge in [-0.25, -0.2) is 0 Å². The molecule has 3 heteroatoms. The van der Waals surface area contributed by atoms with Gasteiger partial charge in [0, 0.05) is 12.1 Å². The zero-order valence-corrected chi connectivity index (χ0v) is 12.7. The first-order valence-electron chi connectivity index (χ1n) is 6.29. The van der Waals surface area contributed by atoms with Crippen molar-refractivity contribution >= 4 is 0 Å². The Morgan fingerprint density at radius 3 is 2.41 bits per heavy atom. The molecular weight excluding hydrogens is 276 g/mol. The van der Waals surface area contributed by atoms with E-state index < -0.39 is 0 Å². The highest BCUT2D eigenvalue weighted by atomic mass is 79.9. The highest BCUT2D eigenvalue weighted by molar-refractivity contribution is 4.94. The Balaban J connectivity index is 0.00000144. The SMILES string of the molecule is CC(C)(C)CC1CCCN1[n+]1ccccc1.[Br-]. The Bertz CT molecular complexity index is 332. The fraction of sp³-hybridized carbons (Fsp3) is 0.643. The largest absolute Gasteiger partial charge is 1.00 e. The quantitative estimate of drug-likeness (QED) is 0.669. The third-order valence-corrected chi connectivity index (χ3v) is 3.19. The van der Waals surface area contributed by atoms with Crippen molar-refractivity contribution in [1.29, 1.82) is 0 Å². The molecule has 2 nitrogen and oxygen atoms in total. The van der Waals surface area contributed by atoms with Crippen LogP contribution < -0.4 is 26.7 Å². The first-order chi connectivity index (χ1) is 7.56. The number of rotatable bonds is 2. The molecule has 0 N–H and O–H groups in total. The number of nitrogens with zero attached hydrogens (tertiary/aromatic N) is 2. The zero-order valence-electron chi connectivity index (χ0n) is 11.1. The van der Waals surface area contributed by atoms with Crippen molar-refractivity contribution in [3.8, 4) is 0 Å². The third kappa shape index (κ3) is 3.98. The molecule has 0 saturated carbocycles. The lowest BCUT2D eigenvalue weighted by Gasteiger charge is -2.26. The molecule has 0 bridgehead atoms. The molecule has 2 rings (SSSR count). The van der Waals surface area contributed by atoms with Gasteiger partial charge in [-0.3, -0.25) is 0 Å². The Kier molecular flexibility index (Phi) is 4.99. The number of hydrogen-bond acceptors (Lipinski definition) is 1. The van der Waals surface area contributed by atoms with Crippen LogP contribution >= 0.6 is 0 Å². The molecule has 1 unspecified atom stereocenters. The van der Waals surface area contributed by atoms with Gasteiger partial charge in [-0.2, -0.15) is 5.01 Å². The molecule has 1 atom stereocenters. The van der Waals surface area contributed by atoms with Crippen LogP contribution in [0.25, 0.3) is 0 Å². The van der Waals surface area contributed by atoms with E-state index in [1.165, 1.54) is 25.8 Å². The van der Waals surface area contributed by atoms with Crippen LogP contribution in [0.5, 0.6) is 0 Å². The lowest BCUT2D eigenvalue weighted by molar-refractivity contribution is -0.695. The summed E-state index contributed by atoms with van der Waals surface area (Å²) in [5, 5.41) is 2.51. The summed E-state index contributed by atoms with van der Waals surface area (Å²) in [6, 6.07) is 6.98. The second-order valence-electron chi connectivity index (χ2n) is 5.98. The van der Waals surface area contributed by atoms with E-state index in [1.54, 1.807) is 0 Å². The lowest BCUT2D eigenvalue weighted by Crippen LogP contribution is -3.00. The van der Waals surface area contributed by atoms with Crippen molar-refractivity contribution in [3.05, 3.63) is 30.6 Å². The molecule has 96 valence electrons. The van der Waals surface area contributed by atoms with Gasteiger partial charge in [0.15, 0.2) is 12.4 Å². The van der Waals surface area contributed by atoms with Crippen LogP contribution in [-0.2, 0) is 0 Å². The smallest absolute Gasteiger partial charge is 0.199 e. The molecule has 0 radical (unpaired) electrons. The van der Waals surface area contributed by atoms with E-state index in [0.29, 0.717) is 11.5 Å². The van der Waals surface area contributed by atoms with Crippen LogP contribution in [0.4, 0.5) is 0 Å². The predicted molar refractivity (Wildman–Crippen MR) is 66.8 cm³/mol. The van der Waals surface area contributed by atoms with Crippen LogP contribution in [0, 0.1) is 5.41 Å². The Hall–Kier alpha value is -0.570. The van der Waals surface area contributed by atoms with Gasteiger partial charge in [-0.1, -0.05) is 31.5 Å². The van der Waals surface area contributed by atoms with E-state index in [-0.39, 0.29) is 17.0 Å². The lowest BCUT2D eigenvalue weighted by atomic mass is 9.87. The van der Waals surface area contributed by atoms with Gasteiger partial charge in [-0.05, 0) is 24.7 Å². The molecule has 1 aliphatic rings. The standard InChI is InChI=1S/C14H23N2.BrH/c1-14(2,3)12-13-8-7-11-16(13)15-9-5-4-6-10-15;/h4-6,9-10,13H,7-8,11-12H2,1-3H3;1H/q+1;/p-1. The summed E-state index contributed by atoms with van der Waals surface area (Å²) in [6.45, 7) is 8.19. The topological polar surface area (TPSA) is 7.12 Å². The fourth-order valence-electron chi connectivity index (χ4n) is 2.60. The summed E-state index contributed by atoms with van der Waals surface area (Å²) >= 11 is 0. The summed E-state index contributed by atoms with van der Waals surface area (Å²) in [6.07, 6.45) is 8.23. The Morgan fingerprint density at radius 2 is 1.82 bits per heavy atom. The second kappa shape index (κ2) is 5.85. The average Bonchev–Trinajstić information content (AvgIpc) is 2.64. The molecule has 2 heterocycles. The van der Waals surface area contributed by atoms with Crippen molar-refractivity contribution < 1.29 is 21.7 Å². The van der Waals surface area contributed by atoms with E-state index in [9.17, 15) is 0 Å². The first kappa shape index (κ1) is 14.5. The van der Waals surface area contributed by atoms with Crippen molar-refractivity contribution in [1.82, 2.24) is 0 Å². The normalized spacial score (nSPS) is 20.2. The van der Waals surface area contributed by atoms with Gasteiger partial charge in [0.25, 0.3) is 0 Å². The molecular formula is C14H23BrN2. The number of halogens is 1. The van der Waals surface area contributed by atoms with Crippen LogP contribution in [-0.4, -0.2) is 12.6 Å². The highest BCUT2D eigenvalue weighted by Crippen LogP contribution is 2.27. The molecule has 1 aliphatic heterocycles. The number of aromatic nitrogens is 1.